The molecule has 0 aliphatic heterocycles. The predicted octanol–water partition coefficient (Wildman–Crippen LogP) is 15.7. The molecule has 0 saturated heterocycles. The first kappa shape index (κ1) is 44.6. The molecule has 66 heavy (non-hydrogen) atoms. The number of aryl methyl sites for hydroxylation is 6. The van der Waals surface area contributed by atoms with E-state index in [1.165, 1.54) is 6.07 Å². The van der Waals surface area contributed by atoms with Crippen LogP contribution in [0.15, 0.2) is 173 Å². The van der Waals surface area contributed by atoms with Gasteiger partial charge in [-0.1, -0.05) is 36.4 Å². The Bertz CT molecular complexity index is 3440. The highest BCUT2D eigenvalue weighted by Gasteiger charge is 2.15. The van der Waals surface area contributed by atoms with Crippen LogP contribution in [0.4, 0.5) is 56.9 Å². The predicted molar refractivity (Wildman–Crippen MR) is 262 cm³/mol. The summed E-state index contributed by atoms with van der Waals surface area (Å²) in [6.45, 7) is 12.2. The van der Waals surface area contributed by atoms with E-state index < -0.39 is 10.1 Å². The molecule has 330 valence electrons. The number of nitrogen functional groups attached to an aromatic ring is 1. The molecule has 0 spiro atoms. The molecule has 0 heterocycles. The fourth-order valence-corrected chi connectivity index (χ4v) is 7.99. The van der Waals surface area contributed by atoms with Crippen LogP contribution in [0.3, 0.4) is 0 Å². The molecule has 0 amide bonds. The molecule has 14 nitrogen and oxygen atoms in total. The minimum Gasteiger partial charge on any atom is -0.505 e. The molecule has 8 aromatic carbocycles. The normalized spacial score (nSPS) is 12.2. The van der Waals surface area contributed by atoms with Gasteiger partial charge in [-0.05, 0) is 182 Å². The second kappa shape index (κ2) is 18.6. The summed E-state index contributed by atoms with van der Waals surface area (Å²) in [7, 11) is -4.41. The van der Waals surface area contributed by atoms with Crippen LogP contribution >= 0.6 is 0 Å². The third-order valence-electron chi connectivity index (χ3n) is 11.2. The molecule has 5 N–H and O–H groups in total. The summed E-state index contributed by atoms with van der Waals surface area (Å²) >= 11 is 0. The quantitative estimate of drug-likeness (QED) is 0.0532. The summed E-state index contributed by atoms with van der Waals surface area (Å²) < 4.78 is 33.5. The maximum absolute atomic E-state index is 11.9. The zero-order chi connectivity index (χ0) is 46.7. The topological polar surface area (TPSA) is 212 Å². The van der Waals surface area contributed by atoms with Crippen molar-refractivity contribution in [3.05, 3.63) is 166 Å². The highest BCUT2D eigenvalue weighted by Crippen LogP contribution is 2.39. The Kier molecular flexibility index (Phi) is 12.6. The number of azo groups is 4. The molecular weight excluding hydrogens is 849 g/mol. The standard InChI is InChI=1S/C51H46N10O4S/c1-29-21-46(30(2)20-44(29)56-54-40-16-12-36-8-7-9-50(42(36)27-40)66(63,64)65)58-60-48-24-34(6)49(25-33(48)5)61-59-47-23-31(3)45(22-32(47)4)57-55-43-19-13-37-26-39(17-18-41(37)51(43)62)53-28-35-10-14-38(52)15-11-35/h7-27,53,62H,28,52H2,1-6H3,(H,63,64,65). The number of anilines is 2. The van der Waals surface area contributed by atoms with Crippen molar-refractivity contribution in [3.8, 4) is 5.75 Å². The molecule has 0 atom stereocenters. The van der Waals surface area contributed by atoms with E-state index in [2.05, 4.69) is 46.2 Å². The van der Waals surface area contributed by atoms with Gasteiger partial charge in [0.05, 0.1) is 39.8 Å². The maximum Gasteiger partial charge on any atom is 0.295 e. The first-order chi connectivity index (χ1) is 31.6. The Labute approximate surface area is 382 Å². The molecule has 0 radical (unpaired) electrons. The molecule has 8 rings (SSSR count). The first-order valence-electron chi connectivity index (χ1n) is 20.9. The smallest absolute Gasteiger partial charge is 0.295 e. The number of hydrogen-bond acceptors (Lipinski definition) is 13. The molecule has 15 heteroatoms. The molecule has 0 bridgehead atoms. The van der Waals surface area contributed by atoms with E-state index in [1.54, 1.807) is 36.4 Å². The van der Waals surface area contributed by atoms with E-state index in [0.29, 0.717) is 68.2 Å². The minimum atomic E-state index is -4.41. The lowest BCUT2D eigenvalue weighted by molar-refractivity contribution is 0.482. The third kappa shape index (κ3) is 10.0. The van der Waals surface area contributed by atoms with Gasteiger partial charge < -0.3 is 16.2 Å². The summed E-state index contributed by atoms with van der Waals surface area (Å²) in [6, 6.07) is 38.4. The van der Waals surface area contributed by atoms with E-state index in [4.69, 9.17) is 5.73 Å². The SMILES string of the molecule is Cc1cc(N=Nc2cc(C)c(N=Nc3cc(C)c(N=Nc4ccc5cc(NCc6ccc(N)cc6)ccc5c4O)cc3C)cc2C)c(C)cc1N=Nc1ccc2cccc(S(=O)(=O)O)c2c1. The number of phenols is 1. The van der Waals surface area contributed by atoms with Crippen LogP contribution < -0.4 is 11.1 Å². The molecule has 0 aliphatic carbocycles. The molecule has 0 fully saturated rings. The van der Waals surface area contributed by atoms with Crippen molar-refractivity contribution < 1.29 is 18.1 Å². The van der Waals surface area contributed by atoms with Crippen molar-refractivity contribution in [1.82, 2.24) is 0 Å². The zero-order valence-corrected chi connectivity index (χ0v) is 37.9. The summed E-state index contributed by atoms with van der Waals surface area (Å²) in [5.41, 5.74) is 18.5. The van der Waals surface area contributed by atoms with Gasteiger partial charge in [0.1, 0.15) is 10.6 Å². The molecular formula is C51H46N10O4S. The van der Waals surface area contributed by atoms with Crippen LogP contribution in [-0.4, -0.2) is 18.1 Å². The van der Waals surface area contributed by atoms with Crippen LogP contribution in [0.5, 0.6) is 5.75 Å². The van der Waals surface area contributed by atoms with E-state index in [1.807, 2.05) is 126 Å². The lowest BCUT2D eigenvalue weighted by atomic mass is 10.1. The van der Waals surface area contributed by atoms with E-state index in [0.717, 1.165) is 55.7 Å². The fraction of sp³-hybridized carbons (Fsp3) is 0.137. The van der Waals surface area contributed by atoms with Crippen LogP contribution in [0.2, 0.25) is 0 Å². The van der Waals surface area contributed by atoms with Crippen LogP contribution in [0, 0.1) is 41.5 Å². The maximum atomic E-state index is 11.9. The summed E-state index contributed by atoms with van der Waals surface area (Å²) in [4.78, 5) is -0.187. The van der Waals surface area contributed by atoms with Gasteiger partial charge in [-0.2, -0.15) is 44.2 Å². The van der Waals surface area contributed by atoms with E-state index in [-0.39, 0.29) is 10.6 Å². The van der Waals surface area contributed by atoms with Gasteiger partial charge in [0.2, 0.25) is 0 Å². The Morgan fingerprint density at radius 1 is 0.485 bits per heavy atom. The molecule has 0 saturated carbocycles. The molecule has 0 aromatic heterocycles. The fourth-order valence-electron chi connectivity index (χ4n) is 7.29. The number of aromatic hydroxyl groups is 1. The second-order valence-corrected chi connectivity index (χ2v) is 17.6. The molecule has 0 aliphatic rings. The zero-order valence-electron chi connectivity index (χ0n) is 37.1. The number of fused-ring (bicyclic) bond motifs is 2. The van der Waals surface area contributed by atoms with Crippen molar-refractivity contribution >= 4 is 88.5 Å². The van der Waals surface area contributed by atoms with Crippen molar-refractivity contribution in [3.63, 3.8) is 0 Å². The third-order valence-corrected chi connectivity index (χ3v) is 12.1. The van der Waals surface area contributed by atoms with E-state index >= 15 is 0 Å². The van der Waals surface area contributed by atoms with Gasteiger partial charge in [0, 0.05) is 28.7 Å². The van der Waals surface area contributed by atoms with Gasteiger partial charge >= 0.3 is 0 Å². The number of nitrogens with one attached hydrogen (secondary N) is 1. The number of benzene rings is 8. The summed E-state index contributed by atoms with van der Waals surface area (Å²) in [5.74, 6) is 0.0568. The van der Waals surface area contributed by atoms with Gasteiger partial charge in [-0.25, -0.2) is 0 Å². The van der Waals surface area contributed by atoms with Crippen molar-refractivity contribution in [1.29, 1.82) is 0 Å². The Hall–Kier alpha value is -8.01. The van der Waals surface area contributed by atoms with Gasteiger partial charge in [-0.15, -0.1) is 5.11 Å². The van der Waals surface area contributed by atoms with Crippen molar-refractivity contribution in [2.75, 3.05) is 11.1 Å². The first-order valence-corrected chi connectivity index (χ1v) is 22.4. The van der Waals surface area contributed by atoms with Gasteiger partial charge in [0.15, 0.2) is 5.75 Å². The van der Waals surface area contributed by atoms with Crippen molar-refractivity contribution in [2.45, 2.75) is 53.0 Å². The average molecular weight is 895 g/mol. The summed E-state index contributed by atoms with van der Waals surface area (Å²) in [6.07, 6.45) is 0. The number of rotatable bonds is 12. The number of nitrogens with zero attached hydrogens (tertiary/aromatic N) is 8. The highest BCUT2D eigenvalue weighted by molar-refractivity contribution is 7.86. The number of phenolic OH excluding ortho intramolecular Hbond substituents is 1. The van der Waals surface area contributed by atoms with Crippen LogP contribution in [0.25, 0.3) is 21.5 Å². The van der Waals surface area contributed by atoms with Gasteiger partial charge in [-0.3, -0.25) is 4.55 Å². The Morgan fingerprint density at radius 2 is 0.955 bits per heavy atom. The minimum absolute atomic E-state index is 0.0568. The van der Waals surface area contributed by atoms with Crippen LogP contribution in [0.1, 0.15) is 38.9 Å². The number of nitrogens with two attached hydrogens (primary N) is 1. The lowest BCUT2D eigenvalue weighted by Gasteiger charge is -2.10. The number of hydrogen-bond donors (Lipinski definition) is 4. The van der Waals surface area contributed by atoms with Crippen molar-refractivity contribution in [2.24, 2.45) is 40.9 Å². The van der Waals surface area contributed by atoms with Crippen LogP contribution in [-0.2, 0) is 16.7 Å². The average Bonchev–Trinajstić information content (AvgIpc) is 3.29. The molecule has 0 unspecified atom stereocenters. The molecule has 8 aromatic rings. The van der Waals surface area contributed by atoms with E-state index in [9.17, 15) is 18.1 Å². The van der Waals surface area contributed by atoms with Gasteiger partial charge in [0.25, 0.3) is 10.1 Å². The highest BCUT2D eigenvalue weighted by atomic mass is 32.2. The Balaban J connectivity index is 0.927. The Morgan fingerprint density at radius 3 is 1.45 bits per heavy atom. The summed E-state index contributed by atoms with van der Waals surface area (Å²) in [5, 5.41) is 53.1. The second-order valence-electron chi connectivity index (χ2n) is 16.2. The largest absolute Gasteiger partial charge is 0.505 e. The monoisotopic (exact) mass is 894 g/mol. The lowest BCUT2D eigenvalue weighted by Crippen LogP contribution is -1.99.